The van der Waals surface area contributed by atoms with E-state index in [0.29, 0.717) is 35.8 Å². The number of hydrogen-bond donors (Lipinski definition) is 0. The Balaban J connectivity index is 1.61. The van der Waals surface area contributed by atoms with Crippen molar-refractivity contribution in [3.05, 3.63) is 83.4 Å². The van der Waals surface area contributed by atoms with Crippen LogP contribution in [0.25, 0.3) is 0 Å². The monoisotopic (exact) mass is 574 g/mol. The highest BCUT2D eigenvalue weighted by atomic mass is 16.5. The van der Waals surface area contributed by atoms with Crippen LogP contribution in [-0.4, -0.2) is 25.2 Å². The summed E-state index contributed by atoms with van der Waals surface area (Å²) in [4.78, 5) is 25.8. The highest BCUT2D eigenvalue weighted by molar-refractivity contribution is 5.92. The van der Waals surface area contributed by atoms with Crippen molar-refractivity contribution in [3.63, 3.8) is 0 Å². The standard InChI is InChI=1S/C36H46O6/c1-6-8-10-12-24-39-29-18-14-27(15-19-29)34(37)41-31-22-23-33(32(26-31)36(3,4)5)42-35(38)28-16-20-30(21-17-28)40-25-13-11-9-7-2/h14-23,26H,6-13,24-25H2,1-5H3. The first-order valence-corrected chi connectivity index (χ1v) is 15.3. The molecule has 0 aliphatic heterocycles. The molecule has 0 saturated carbocycles. The van der Waals surface area contributed by atoms with E-state index < -0.39 is 11.9 Å². The van der Waals surface area contributed by atoms with E-state index in [9.17, 15) is 9.59 Å². The fourth-order valence-electron chi connectivity index (χ4n) is 4.38. The molecule has 0 amide bonds. The molecule has 0 radical (unpaired) electrons. The van der Waals surface area contributed by atoms with E-state index in [1.54, 1.807) is 66.7 Å². The van der Waals surface area contributed by atoms with Crippen molar-refractivity contribution in [1.82, 2.24) is 0 Å². The second kappa shape index (κ2) is 16.6. The van der Waals surface area contributed by atoms with Gasteiger partial charge in [0.05, 0.1) is 24.3 Å². The first-order chi connectivity index (χ1) is 20.2. The van der Waals surface area contributed by atoms with Crippen LogP contribution in [0.2, 0.25) is 0 Å². The summed E-state index contributed by atoms with van der Waals surface area (Å²) in [5.74, 6) is 1.32. The molecule has 0 spiro atoms. The number of rotatable bonds is 16. The fraction of sp³-hybridized carbons (Fsp3) is 0.444. The molecule has 3 rings (SSSR count). The van der Waals surface area contributed by atoms with E-state index in [1.807, 2.05) is 20.8 Å². The van der Waals surface area contributed by atoms with Gasteiger partial charge in [-0.15, -0.1) is 0 Å². The Morgan fingerprint density at radius 2 is 1.02 bits per heavy atom. The summed E-state index contributed by atoms with van der Waals surface area (Å²) < 4.78 is 23.0. The summed E-state index contributed by atoms with van der Waals surface area (Å²) in [7, 11) is 0. The van der Waals surface area contributed by atoms with Gasteiger partial charge in [0.25, 0.3) is 0 Å². The van der Waals surface area contributed by atoms with Crippen LogP contribution in [0.3, 0.4) is 0 Å². The van der Waals surface area contributed by atoms with Gasteiger partial charge in [0.1, 0.15) is 23.0 Å². The van der Waals surface area contributed by atoms with Crippen molar-refractivity contribution >= 4 is 11.9 Å². The van der Waals surface area contributed by atoms with Gasteiger partial charge in [-0.3, -0.25) is 0 Å². The van der Waals surface area contributed by atoms with Crippen molar-refractivity contribution in [3.8, 4) is 23.0 Å². The molecule has 42 heavy (non-hydrogen) atoms. The zero-order chi connectivity index (χ0) is 30.4. The summed E-state index contributed by atoms with van der Waals surface area (Å²) in [6.07, 6.45) is 9.11. The SMILES string of the molecule is CCCCCCOc1ccc(C(=O)Oc2ccc(OC(=O)c3ccc(OCCCCCC)cc3)c(C(C)(C)C)c2)cc1. The van der Waals surface area contributed by atoms with Gasteiger partial charge < -0.3 is 18.9 Å². The molecule has 0 fully saturated rings. The third kappa shape index (κ3) is 10.6. The Kier molecular flexibility index (Phi) is 12.9. The van der Waals surface area contributed by atoms with Gasteiger partial charge in [0.2, 0.25) is 0 Å². The largest absolute Gasteiger partial charge is 0.494 e. The van der Waals surface area contributed by atoms with Gasteiger partial charge in [-0.25, -0.2) is 9.59 Å². The smallest absolute Gasteiger partial charge is 0.343 e. The Bertz CT molecular complexity index is 1260. The van der Waals surface area contributed by atoms with Crippen molar-refractivity contribution in [2.24, 2.45) is 0 Å². The van der Waals surface area contributed by atoms with Crippen molar-refractivity contribution in [2.45, 2.75) is 91.4 Å². The minimum absolute atomic E-state index is 0.371. The van der Waals surface area contributed by atoms with E-state index in [1.165, 1.54) is 25.7 Å². The van der Waals surface area contributed by atoms with Gasteiger partial charge in [-0.05, 0) is 85.0 Å². The van der Waals surface area contributed by atoms with Crippen LogP contribution in [0.1, 0.15) is 112 Å². The first-order valence-electron chi connectivity index (χ1n) is 15.3. The first kappa shape index (κ1) is 32.7. The summed E-state index contributed by atoms with van der Waals surface area (Å²) in [5.41, 5.74) is 1.23. The molecule has 3 aromatic rings. The normalized spacial score (nSPS) is 11.2. The minimum Gasteiger partial charge on any atom is -0.494 e. The number of esters is 2. The molecule has 0 saturated heterocycles. The number of benzene rings is 3. The maximum Gasteiger partial charge on any atom is 0.343 e. The molecular weight excluding hydrogens is 528 g/mol. The average molecular weight is 575 g/mol. The lowest BCUT2D eigenvalue weighted by Crippen LogP contribution is -2.17. The van der Waals surface area contributed by atoms with E-state index in [0.717, 1.165) is 42.7 Å². The molecule has 0 aromatic heterocycles. The zero-order valence-electron chi connectivity index (χ0n) is 25.9. The molecule has 6 heteroatoms. The molecule has 0 heterocycles. The maximum absolute atomic E-state index is 13.0. The third-order valence-corrected chi connectivity index (χ3v) is 6.89. The number of unbranched alkanes of at least 4 members (excludes halogenated alkanes) is 6. The summed E-state index contributed by atoms with van der Waals surface area (Å²) in [6.45, 7) is 11.7. The second-order valence-corrected chi connectivity index (χ2v) is 11.6. The topological polar surface area (TPSA) is 71.1 Å². The molecule has 0 atom stereocenters. The van der Waals surface area contributed by atoms with Crippen LogP contribution >= 0.6 is 0 Å². The molecule has 0 aliphatic carbocycles. The summed E-state index contributed by atoms with van der Waals surface area (Å²) in [6, 6.07) is 19.0. The molecule has 0 unspecified atom stereocenters. The van der Waals surface area contributed by atoms with Crippen LogP contribution in [0, 0.1) is 0 Å². The van der Waals surface area contributed by atoms with Gasteiger partial charge in [-0.1, -0.05) is 73.1 Å². The highest BCUT2D eigenvalue weighted by Crippen LogP contribution is 2.35. The van der Waals surface area contributed by atoms with Crippen molar-refractivity contribution < 1.29 is 28.5 Å². The Morgan fingerprint density at radius 3 is 1.48 bits per heavy atom. The van der Waals surface area contributed by atoms with Gasteiger partial charge >= 0.3 is 11.9 Å². The second-order valence-electron chi connectivity index (χ2n) is 11.6. The predicted molar refractivity (Wildman–Crippen MR) is 167 cm³/mol. The molecule has 0 N–H and O–H groups in total. The van der Waals surface area contributed by atoms with E-state index in [2.05, 4.69) is 13.8 Å². The third-order valence-electron chi connectivity index (χ3n) is 6.89. The fourth-order valence-corrected chi connectivity index (χ4v) is 4.38. The zero-order valence-corrected chi connectivity index (χ0v) is 25.9. The lowest BCUT2D eigenvalue weighted by atomic mass is 9.86. The summed E-state index contributed by atoms with van der Waals surface area (Å²) >= 11 is 0. The van der Waals surface area contributed by atoms with Crippen LogP contribution in [0.15, 0.2) is 66.7 Å². The van der Waals surface area contributed by atoms with Crippen molar-refractivity contribution in [1.29, 1.82) is 0 Å². The molecule has 3 aromatic carbocycles. The number of carbonyl (C=O) groups excluding carboxylic acids is 2. The van der Waals surface area contributed by atoms with Crippen molar-refractivity contribution in [2.75, 3.05) is 13.2 Å². The van der Waals surface area contributed by atoms with E-state index in [4.69, 9.17) is 18.9 Å². The molecule has 0 bridgehead atoms. The highest BCUT2D eigenvalue weighted by Gasteiger charge is 2.23. The van der Waals surface area contributed by atoms with Crippen LogP contribution in [-0.2, 0) is 5.41 Å². The van der Waals surface area contributed by atoms with Gasteiger partial charge in [0, 0.05) is 5.56 Å². The molecule has 0 aliphatic rings. The lowest BCUT2D eigenvalue weighted by Gasteiger charge is -2.23. The minimum atomic E-state index is -0.471. The van der Waals surface area contributed by atoms with Crippen LogP contribution in [0.5, 0.6) is 23.0 Å². The summed E-state index contributed by atoms with van der Waals surface area (Å²) in [5, 5.41) is 0. The van der Waals surface area contributed by atoms with Gasteiger partial charge in [0.15, 0.2) is 0 Å². The van der Waals surface area contributed by atoms with E-state index >= 15 is 0 Å². The average Bonchev–Trinajstić information content (AvgIpc) is 2.97. The molecular formula is C36H46O6. The number of hydrogen-bond acceptors (Lipinski definition) is 6. The lowest BCUT2D eigenvalue weighted by molar-refractivity contribution is 0.0716. The number of ether oxygens (including phenoxy) is 4. The van der Waals surface area contributed by atoms with Crippen LogP contribution in [0.4, 0.5) is 0 Å². The van der Waals surface area contributed by atoms with E-state index in [-0.39, 0.29) is 5.41 Å². The van der Waals surface area contributed by atoms with Crippen LogP contribution < -0.4 is 18.9 Å². The Morgan fingerprint density at radius 1 is 0.571 bits per heavy atom. The van der Waals surface area contributed by atoms with Gasteiger partial charge in [-0.2, -0.15) is 0 Å². The maximum atomic E-state index is 13.0. The molecule has 226 valence electrons. The molecule has 6 nitrogen and oxygen atoms in total. The quantitative estimate of drug-likeness (QED) is 0.0964. The Labute approximate surface area is 251 Å². The Hall–Kier alpha value is -3.80. The predicted octanol–water partition coefficient (Wildman–Crippen LogP) is 9.34. The number of carbonyl (C=O) groups is 2.